The molecule has 6 heteroatoms. The Bertz CT molecular complexity index is 667. The summed E-state index contributed by atoms with van der Waals surface area (Å²) in [5.41, 5.74) is 0.648. The molecule has 1 amide bonds. The second-order valence-corrected chi connectivity index (χ2v) is 5.79. The van der Waals surface area contributed by atoms with Gasteiger partial charge in [-0.15, -0.1) is 0 Å². The van der Waals surface area contributed by atoms with E-state index in [-0.39, 0.29) is 5.91 Å². The number of ether oxygens (including phenoxy) is 2. The van der Waals surface area contributed by atoms with Crippen molar-refractivity contribution in [1.29, 1.82) is 0 Å². The Hall–Kier alpha value is -2.60. The van der Waals surface area contributed by atoms with Gasteiger partial charge < -0.3 is 20.1 Å². The van der Waals surface area contributed by atoms with Crippen LogP contribution in [0.5, 0.6) is 17.4 Å². The van der Waals surface area contributed by atoms with Gasteiger partial charge >= 0.3 is 0 Å². The predicted octanol–water partition coefficient (Wildman–Crippen LogP) is 2.82. The largest absolute Gasteiger partial charge is 0.497 e. The molecule has 24 heavy (non-hydrogen) atoms. The Kier molecular flexibility index (Phi) is 5.28. The van der Waals surface area contributed by atoms with E-state index in [1.165, 1.54) is 12.8 Å². The van der Waals surface area contributed by atoms with E-state index < -0.39 is 0 Å². The minimum absolute atomic E-state index is 0.0683. The molecule has 0 aliphatic heterocycles. The Balaban J connectivity index is 1.47. The highest BCUT2D eigenvalue weighted by Gasteiger charge is 2.20. The van der Waals surface area contributed by atoms with Crippen LogP contribution in [0, 0.1) is 5.92 Å². The monoisotopic (exact) mass is 327 g/mol. The smallest absolute Gasteiger partial charge is 0.238 e. The van der Waals surface area contributed by atoms with Gasteiger partial charge in [-0.1, -0.05) is 0 Å². The fourth-order valence-electron chi connectivity index (χ4n) is 2.20. The van der Waals surface area contributed by atoms with Crippen molar-refractivity contribution in [2.24, 2.45) is 5.92 Å². The molecule has 0 saturated heterocycles. The number of carbonyl (C=O) groups is 1. The Morgan fingerprint density at radius 3 is 2.54 bits per heavy atom. The van der Waals surface area contributed by atoms with Crippen molar-refractivity contribution in [1.82, 2.24) is 10.3 Å². The van der Waals surface area contributed by atoms with Gasteiger partial charge in [-0.3, -0.25) is 4.79 Å². The SMILES string of the molecule is COc1ccc(Oc2ccc(NC(=O)CNCC3CC3)cn2)cc1. The Labute approximate surface area is 141 Å². The summed E-state index contributed by atoms with van der Waals surface area (Å²) in [5, 5.41) is 5.96. The number of hydrogen-bond acceptors (Lipinski definition) is 5. The number of benzene rings is 1. The van der Waals surface area contributed by atoms with Crippen LogP contribution in [0.2, 0.25) is 0 Å². The average Bonchev–Trinajstić information content (AvgIpc) is 3.42. The topological polar surface area (TPSA) is 72.5 Å². The van der Waals surface area contributed by atoms with Gasteiger partial charge in [0.15, 0.2) is 0 Å². The van der Waals surface area contributed by atoms with E-state index in [2.05, 4.69) is 15.6 Å². The third-order valence-corrected chi connectivity index (χ3v) is 3.72. The summed E-state index contributed by atoms with van der Waals surface area (Å²) in [5.74, 6) is 2.59. The number of aromatic nitrogens is 1. The normalized spacial score (nSPS) is 13.4. The predicted molar refractivity (Wildman–Crippen MR) is 91.5 cm³/mol. The molecule has 0 atom stereocenters. The van der Waals surface area contributed by atoms with E-state index in [1.807, 2.05) is 24.3 Å². The van der Waals surface area contributed by atoms with E-state index in [1.54, 1.807) is 25.4 Å². The molecule has 1 heterocycles. The number of methoxy groups -OCH3 is 1. The molecular formula is C18H21N3O3. The highest BCUT2D eigenvalue weighted by atomic mass is 16.5. The first-order valence-corrected chi connectivity index (χ1v) is 8.01. The minimum atomic E-state index is -0.0683. The molecule has 1 saturated carbocycles. The van der Waals surface area contributed by atoms with Crippen LogP contribution in [-0.2, 0) is 4.79 Å². The maximum Gasteiger partial charge on any atom is 0.238 e. The Morgan fingerprint density at radius 1 is 1.17 bits per heavy atom. The van der Waals surface area contributed by atoms with E-state index in [0.29, 0.717) is 23.9 Å². The summed E-state index contributed by atoms with van der Waals surface area (Å²) in [6.07, 6.45) is 4.13. The number of anilines is 1. The molecule has 3 rings (SSSR count). The summed E-state index contributed by atoms with van der Waals surface area (Å²) in [4.78, 5) is 16.0. The molecule has 0 bridgehead atoms. The molecule has 1 aliphatic carbocycles. The standard InChI is InChI=1S/C18H21N3O3/c1-23-15-5-7-16(8-6-15)24-18-9-4-14(11-20-18)21-17(22)12-19-10-13-2-3-13/h4-9,11,13,19H,2-3,10,12H2,1H3,(H,21,22). The number of hydrogen-bond donors (Lipinski definition) is 2. The molecule has 0 unspecified atom stereocenters. The van der Waals surface area contributed by atoms with Crippen LogP contribution in [0.25, 0.3) is 0 Å². The third kappa shape index (κ3) is 4.96. The van der Waals surface area contributed by atoms with Crippen molar-refractivity contribution < 1.29 is 14.3 Å². The van der Waals surface area contributed by atoms with Gasteiger partial charge in [-0.25, -0.2) is 4.98 Å². The van der Waals surface area contributed by atoms with E-state index in [9.17, 15) is 4.79 Å². The van der Waals surface area contributed by atoms with Crippen LogP contribution < -0.4 is 20.1 Å². The summed E-state index contributed by atoms with van der Waals surface area (Å²) >= 11 is 0. The van der Waals surface area contributed by atoms with E-state index >= 15 is 0 Å². The minimum Gasteiger partial charge on any atom is -0.497 e. The number of amides is 1. The molecular weight excluding hydrogens is 306 g/mol. The van der Waals surface area contributed by atoms with Crippen molar-refractivity contribution in [2.75, 3.05) is 25.5 Å². The van der Waals surface area contributed by atoms with Crippen molar-refractivity contribution >= 4 is 11.6 Å². The molecule has 126 valence electrons. The van der Waals surface area contributed by atoms with Gasteiger partial charge in [0.05, 0.1) is 25.5 Å². The van der Waals surface area contributed by atoms with Crippen molar-refractivity contribution in [3.05, 3.63) is 42.6 Å². The van der Waals surface area contributed by atoms with Crippen LogP contribution in [-0.4, -0.2) is 31.1 Å². The zero-order valence-corrected chi connectivity index (χ0v) is 13.6. The van der Waals surface area contributed by atoms with Gasteiger partial charge in [-0.2, -0.15) is 0 Å². The summed E-state index contributed by atoms with van der Waals surface area (Å²) in [7, 11) is 1.62. The van der Waals surface area contributed by atoms with Gasteiger partial charge in [0.25, 0.3) is 0 Å². The first-order chi connectivity index (χ1) is 11.7. The van der Waals surface area contributed by atoms with Gasteiger partial charge in [0.2, 0.25) is 11.8 Å². The highest BCUT2D eigenvalue weighted by Crippen LogP contribution is 2.27. The van der Waals surface area contributed by atoms with Gasteiger partial charge in [-0.05, 0) is 55.6 Å². The maximum absolute atomic E-state index is 11.8. The molecule has 2 aromatic rings. The van der Waals surface area contributed by atoms with Crippen LogP contribution >= 0.6 is 0 Å². The van der Waals surface area contributed by atoms with Crippen molar-refractivity contribution in [2.45, 2.75) is 12.8 Å². The van der Waals surface area contributed by atoms with E-state index in [0.717, 1.165) is 18.2 Å². The lowest BCUT2D eigenvalue weighted by molar-refractivity contribution is -0.115. The first-order valence-electron chi connectivity index (χ1n) is 8.01. The van der Waals surface area contributed by atoms with Crippen LogP contribution in [0.15, 0.2) is 42.6 Å². The van der Waals surface area contributed by atoms with Crippen LogP contribution in [0.3, 0.4) is 0 Å². The second-order valence-electron chi connectivity index (χ2n) is 5.79. The quantitative estimate of drug-likeness (QED) is 0.780. The zero-order chi connectivity index (χ0) is 16.8. The van der Waals surface area contributed by atoms with E-state index in [4.69, 9.17) is 9.47 Å². The summed E-state index contributed by atoms with van der Waals surface area (Å²) < 4.78 is 10.7. The third-order valence-electron chi connectivity index (χ3n) is 3.72. The average molecular weight is 327 g/mol. The van der Waals surface area contributed by atoms with Crippen molar-refractivity contribution in [3.63, 3.8) is 0 Å². The zero-order valence-electron chi connectivity index (χ0n) is 13.6. The Morgan fingerprint density at radius 2 is 1.92 bits per heavy atom. The summed E-state index contributed by atoms with van der Waals surface area (Å²) in [6.45, 7) is 1.24. The molecule has 1 aliphatic rings. The molecule has 0 radical (unpaired) electrons. The van der Waals surface area contributed by atoms with Crippen LogP contribution in [0.1, 0.15) is 12.8 Å². The number of pyridine rings is 1. The lowest BCUT2D eigenvalue weighted by atomic mass is 10.3. The number of nitrogens with zero attached hydrogens (tertiary/aromatic N) is 1. The highest BCUT2D eigenvalue weighted by molar-refractivity contribution is 5.92. The fraction of sp³-hybridized carbons (Fsp3) is 0.333. The number of rotatable bonds is 8. The molecule has 0 spiro atoms. The maximum atomic E-state index is 11.8. The molecule has 6 nitrogen and oxygen atoms in total. The first kappa shape index (κ1) is 16.3. The molecule has 1 aromatic carbocycles. The molecule has 2 N–H and O–H groups in total. The van der Waals surface area contributed by atoms with Crippen molar-refractivity contribution in [3.8, 4) is 17.4 Å². The fourth-order valence-corrected chi connectivity index (χ4v) is 2.20. The second kappa shape index (κ2) is 7.79. The lowest BCUT2D eigenvalue weighted by Gasteiger charge is -2.08. The lowest BCUT2D eigenvalue weighted by Crippen LogP contribution is -2.29. The molecule has 1 fully saturated rings. The van der Waals surface area contributed by atoms with Gasteiger partial charge in [0, 0.05) is 6.07 Å². The van der Waals surface area contributed by atoms with Crippen LogP contribution in [0.4, 0.5) is 5.69 Å². The number of carbonyl (C=O) groups excluding carboxylic acids is 1. The molecule has 1 aromatic heterocycles. The number of nitrogens with one attached hydrogen (secondary N) is 2. The van der Waals surface area contributed by atoms with Gasteiger partial charge in [0.1, 0.15) is 11.5 Å². The summed E-state index contributed by atoms with van der Waals surface area (Å²) in [6, 6.07) is 10.7.